The van der Waals surface area contributed by atoms with Crippen LogP contribution in [0.1, 0.15) is 48.5 Å². The molecule has 2 aliphatic rings. The number of pyridine rings is 1. The van der Waals surface area contributed by atoms with Crippen LogP contribution in [-0.4, -0.2) is 41.3 Å². The van der Waals surface area contributed by atoms with Gasteiger partial charge in [0.05, 0.1) is 5.56 Å². The van der Waals surface area contributed by atoms with E-state index in [1.54, 1.807) is 6.20 Å². The second-order valence-electron chi connectivity index (χ2n) is 8.08. The van der Waals surface area contributed by atoms with Crippen LogP contribution in [0.3, 0.4) is 0 Å². The van der Waals surface area contributed by atoms with E-state index in [9.17, 15) is 9.59 Å². The molecule has 2 aromatic rings. The fourth-order valence-electron chi connectivity index (χ4n) is 3.93. The van der Waals surface area contributed by atoms with Crippen LogP contribution >= 0.6 is 0 Å². The van der Waals surface area contributed by atoms with E-state index in [1.165, 1.54) is 0 Å². The summed E-state index contributed by atoms with van der Waals surface area (Å²) in [4.78, 5) is 32.6. The minimum Gasteiger partial charge on any atom is -0.366 e. The first-order chi connectivity index (χ1) is 14.1. The van der Waals surface area contributed by atoms with Crippen LogP contribution in [0.4, 0.5) is 11.5 Å². The number of hydrogen-bond donors (Lipinski definition) is 1. The highest BCUT2D eigenvalue weighted by Gasteiger charge is 2.22. The first-order valence-electron chi connectivity index (χ1n) is 10.5. The summed E-state index contributed by atoms with van der Waals surface area (Å²) in [7, 11) is 0. The molecule has 2 fully saturated rings. The van der Waals surface area contributed by atoms with E-state index in [2.05, 4.69) is 17.2 Å². The number of benzene rings is 1. The molecule has 2 saturated heterocycles. The third-order valence-corrected chi connectivity index (χ3v) is 5.88. The molecular formula is C23H28N4O2. The van der Waals surface area contributed by atoms with Crippen molar-refractivity contribution in [2.45, 2.75) is 39.2 Å². The zero-order valence-corrected chi connectivity index (χ0v) is 16.9. The molecule has 0 bridgehead atoms. The average molecular weight is 393 g/mol. The number of anilines is 2. The van der Waals surface area contributed by atoms with E-state index in [4.69, 9.17) is 0 Å². The summed E-state index contributed by atoms with van der Waals surface area (Å²) in [5.74, 6) is 1.72. The number of rotatable bonds is 5. The third-order valence-electron chi connectivity index (χ3n) is 5.88. The summed E-state index contributed by atoms with van der Waals surface area (Å²) in [6, 6.07) is 11.8. The van der Waals surface area contributed by atoms with Gasteiger partial charge in [0.15, 0.2) is 0 Å². The molecule has 2 aliphatic heterocycles. The van der Waals surface area contributed by atoms with E-state index in [0.717, 1.165) is 56.0 Å². The van der Waals surface area contributed by atoms with Gasteiger partial charge in [-0.2, -0.15) is 0 Å². The first kappa shape index (κ1) is 19.4. The molecule has 1 aromatic heterocycles. The smallest absolute Gasteiger partial charge is 0.255 e. The van der Waals surface area contributed by atoms with Gasteiger partial charge in [0.25, 0.3) is 5.91 Å². The predicted molar refractivity (Wildman–Crippen MR) is 114 cm³/mol. The standard InChI is InChI=1S/C23H28N4O2/c1-17-10-13-26(14-11-17)23(29)19-6-9-21(25-16-19)24-15-18-4-7-20(8-5-18)27-12-2-3-22(27)28/h4-9,16-17H,2-3,10-15H2,1H3,(H,24,25). The Labute approximate surface area is 171 Å². The lowest BCUT2D eigenvalue weighted by atomic mass is 9.99. The largest absolute Gasteiger partial charge is 0.366 e. The van der Waals surface area contributed by atoms with Gasteiger partial charge >= 0.3 is 0 Å². The van der Waals surface area contributed by atoms with Crippen molar-refractivity contribution in [3.63, 3.8) is 0 Å². The number of hydrogen-bond acceptors (Lipinski definition) is 4. The highest BCUT2D eigenvalue weighted by Crippen LogP contribution is 2.22. The van der Waals surface area contributed by atoms with Gasteiger partial charge in [0.1, 0.15) is 5.82 Å². The van der Waals surface area contributed by atoms with Gasteiger partial charge in [0.2, 0.25) is 5.91 Å². The fraction of sp³-hybridized carbons (Fsp3) is 0.435. The normalized spacial score (nSPS) is 17.6. The zero-order valence-electron chi connectivity index (χ0n) is 16.9. The highest BCUT2D eigenvalue weighted by atomic mass is 16.2. The summed E-state index contributed by atoms with van der Waals surface area (Å²) >= 11 is 0. The average Bonchev–Trinajstić information content (AvgIpc) is 3.19. The molecule has 1 aromatic carbocycles. The van der Waals surface area contributed by atoms with Crippen molar-refractivity contribution >= 4 is 23.3 Å². The van der Waals surface area contributed by atoms with E-state index in [-0.39, 0.29) is 11.8 Å². The second-order valence-corrected chi connectivity index (χ2v) is 8.08. The quantitative estimate of drug-likeness (QED) is 0.843. The molecule has 0 radical (unpaired) electrons. The maximum Gasteiger partial charge on any atom is 0.255 e. The number of nitrogens with one attached hydrogen (secondary N) is 1. The lowest BCUT2D eigenvalue weighted by molar-refractivity contribution is -0.117. The Kier molecular flexibility index (Phi) is 5.79. The lowest BCUT2D eigenvalue weighted by Crippen LogP contribution is -2.37. The summed E-state index contributed by atoms with van der Waals surface area (Å²) in [6.45, 7) is 5.35. The minimum atomic E-state index is 0.0722. The molecule has 152 valence electrons. The minimum absolute atomic E-state index is 0.0722. The Morgan fingerprint density at radius 2 is 1.86 bits per heavy atom. The molecule has 0 saturated carbocycles. The molecule has 0 spiro atoms. The van der Waals surface area contributed by atoms with Crippen molar-refractivity contribution in [2.75, 3.05) is 29.9 Å². The SMILES string of the molecule is CC1CCN(C(=O)c2ccc(NCc3ccc(N4CCCC4=O)cc3)nc2)CC1. The molecule has 6 nitrogen and oxygen atoms in total. The van der Waals surface area contributed by atoms with E-state index in [0.29, 0.717) is 24.4 Å². The fourth-order valence-corrected chi connectivity index (χ4v) is 3.93. The van der Waals surface area contributed by atoms with Crippen LogP contribution < -0.4 is 10.2 Å². The number of likely N-dealkylation sites (tertiary alicyclic amines) is 1. The molecule has 4 rings (SSSR count). The second kappa shape index (κ2) is 8.64. The summed E-state index contributed by atoms with van der Waals surface area (Å²) in [5, 5.41) is 3.29. The summed E-state index contributed by atoms with van der Waals surface area (Å²) in [6.07, 6.45) is 5.38. The predicted octanol–water partition coefficient (Wildman–Crippen LogP) is 3.69. The molecule has 3 heterocycles. The molecule has 0 atom stereocenters. The van der Waals surface area contributed by atoms with Crippen molar-refractivity contribution in [3.8, 4) is 0 Å². The number of aromatic nitrogens is 1. The van der Waals surface area contributed by atoms with E-state index >= 15 is 0 Å². The molecule has 29 heavy (non-hydrogen) atoms. The summed E-state index contributed by atoms with van der Waals surface area (Å²) < 4.78 is 0. The van der Waals surface area contributed by atoms with Crippen LogP contribution in [0.25, 0.3) is 0 Å². The number of amides is 2. The number of carbonyl (C=O) groups excluding carboxylic acids is 2. The van der Waals surface area contributed by atoms with Crippen molar-refractivity contribution in [1.82, 2.24) is 9.88 Å². The summed E-state index contributed by atoms with van der Waals surface area (Å²) in [5.41, 5.74) is 2.72. The Morgan fingerprint density at radius 3 is 2.48 bits per heavy atom. The van der Waals surface area contributed by atoms with Gasteiger partial charge in [0, 0.05) is 44.5 Å². The molecule has 0 aliphatic carbocycles. The first-order valence-corrected chi connectivity index (χ1v) is 10.5. The Morgan fingerprint density at radius 1 is 1.10 bits per heavy atom. The Bertz CT molecular complexity index is 855. The van der Waals surface area contributed by atoms with Crippen LogP contribution in [0, 0.1) is 5.92 Å². The Balaban J connectivity index is 1.31. The van der Waals surface area contributed by atoms with Gasteiger partial charge in [-0.3, -0.25) is 9.59 Å². The van der Waals surface area contributed by atoms with Crippen molar-refractivity contribution in [3.05, 3.63) is 53.7 Å². The Hall–Kier alpha value is -2.89. The third kappa shape index (κ3) is 4.58. The number of carbonyl (C=O) groups is 2. The highest BCUT2D eigenvalue weighted by molar-refractivity contribution is 5.95. The number of piperidine rings is 1. The lowest BCUT2D eigenvalue weighted by Gasteiger charge is -2.30. The van der Waals surface area contributed by atoms with Crippen LogP contribution in [0.2, 0.25) is 0 Å². The number of nitrogens with zero attached hydrogens (tertiary/aromatic N) is 3. The molecule has 2 amide bonds. The van der Waals surface area contributed by atoms with Gasteiger partial charge < -0.3 is 15.1 Å². The van der Waals surface area contributed by atoms with Crippen LogP contribution in [0.5, 0.6) is 0 Å². The van der Waals surface area contributed by atoms with E-state index in [1.807, 2.05) is 46.2 Å². The van der Waals surface area contributed by atoms with Gasteiger partial charge in [-0.1, -0.05) is 19.1 Å². The molecule has 6 heteroatoms. The van der Waals surface area contributed by atoms with Gasteiger partial charge in [-0.05, 0) is 55.0 Å². The van der Waals surface area contributed by atoms with Crippen LogP contribution in [-0.2, 0) is 11.3 Å². The van der Waals surface area contributed by atoms with E-state index < -0.39 is 0 Å². The monoisotopic (exact) mass is 392 g/mol. The van der Waals surface area contributed by atoms with Crippen molar-refractivity contribution in [1.29, 1.82) is 0 Å². The van der Waals surface area contributed by atoms with Crippen molar-refractivity contribution in [2.24, 2.45) is 5.92 Å². The molecular weight excluding hydrogens is 364 g/mol. The molecule has 1 N–H and O–H groups in total. The zero-order chi connectivity index (χ0) is 20.2. The van der Waals surface area contributed by atoms with Crippen LogP contribution in [0.15, 0.2) is 42.6 Å². The molecule has 0 unspecified atom stereocenters. The van der Waals surface area contributed by atoms with Gasteiger partial charge in [-0.25, -0.2) is 4.98 Å². The maximum atomic E-state index is 12.6. The van der Waals surface area contributed by atoms with Gasteiger partial charge in [-0.15, -0.1) is 0 Å². The van der Waals surface area contributed by atoms with Crippen molar-refractivity contribution < 1.29 is 9.59 Å². The topological polar surface area (TPSA) is 65.5 Å². The maximum absolute atomic E-state index is 12.6.